The first-order valence-electron chi connectivity index (χ1n) is 6.06. The molecule has 0 heterocycles. The van der Waals surface area contributed by atoms with E-state index < -0.39 is 0 Å². The van der Waals surface area contributed by atoms with Crippen LogP contribution in [0.4, 0.5) is 0 Å². The lowest BCUT2D eigenvalue weighted by Gasteiger charge is -2.07. The molecule has 0 atom stereocenters. The van der Waals surface area contributed by atoms with Crippen molar-refractivity contribution in [2.75, 3.05) is 19.8 Å². The molecule has 0 aliphatic carbocycles. The van der Waals surface area contributed by atoms with E-state index in [2.05, 4.69) is 6.92 Å². The van der Waals surface area contributed by atoms with Crippen LogP contribution in [0.15, 0.2) is 24.3 Å². The first kappa shape index (κ1) is 13.7. The molecule has 0 amide bonds. The van der Waals surface area contributed by atoms with E-state index in [1.54, 1.807) is 6.07 Å². The SMILES string of the molecule is CCCCOCCOC(=O)c1ccccc1C. The molecule has 0 saturated heterocycles. The summed E-state index contributed by atoms with van der Waals surface area (Å²) in [5.41, 5.74) is 1.56. The Morgan fingerprint density at radius 1 is 1.18 bits per heavy atom. The lowest BCUT2D eigenvalue weighted by molar-refractivity contribution is 0.0313. The first-order chi connectivity index (χ1) is 8.25. The number of carbonyl (C=O) groups excluding carboxylic acids is 1. The molecule has 3 nitrogen and oxygen atoms in total. The molecule has 1 rings (SSSR count). The molecule has 17 heavy (non-hydrogen) atoms. The van der Waals surface area contributed by atoms with Crippen molar-refractivity contribution < 1.29 is 14.3 Å². The van der Waals surface area contributed by atoms with Gasteiger partial charge in [0.1, 0.15) is 6.61 Å². The van der Waals surface area contributed by atoms with Crippen molar-refractivity contribution in [2.24, 2.45) is 0 Å². The third-order valence-electron chi connectivity index (χ3n) is 2.47. The molecular formula is C14H20O3. The highest BCUT2D eigenvalue weighted by molar-refractivity contribution is 5.90. The van der Waals surface area contributed by atoms with Gasteiger partial charge in [0.25, 0.3) is 0 Å². The van der Waals surface area contributed by atoms with E-state index in [-0.39, 0.29) is 5.97 Å². The Labute approximate surface area is 103 Å². The average molecular weight is 236 g/mol. The van der Waals surface area contributed by atoms with Crippen molar-refractivity contribution in [3.63, 3.8) is 0 Å². The maximum atomic E-state index is 11.7. The molecule has 0 radical (unpaired) electrons. The molecule has 0 aliphatic heterocycles. The second kappa shape index (κ2) is 7.85. The van der Waals surface area contributed by atoms with Crippen LogP contribution in [0.1, 0.15) is 35.7 Å². The smallest absolute Gasteiger partial charge is 0.338 e. The fourth-order valence-electron chi connectivity index (χ4n) is 1.42. The second-order valence-electron chi connectivity index (χ2n) is 3.92. The molecule has 0 saturated carbocycles. The molecule has 94 valence electrons. The molecule has 3 heteroatoms. The van der Waals surface area contributed by atoms with E-state index in [1.807, 2.05) is 25.1 Å². The standard InChI is InChI=1S/C14H20O3/c1-3-4-9-16-10-11-17-14(15)13-8-6-5-7-12(13)2/h5-8H,3-4,9-11H2,1-2H3. The zero-order valence-corrected chi connectivity index (χ0v) is 10.6. The Kier molecular flexibility index (Phi) is 6.33. The Morgan fingerprint density at radius 3 is 2.65 bits per heavy atom. The van der Waals surface area contributed by atoms with Crippen LogP contribution in [0.5, 0.6) is 0 Å². The van der Waals surface area contributed by atoms with Crippen molar-refractivity contribution >= 4 is 5.97 Å². The fourth-order valence-corrected chi connectivity index (χ4v) is 1.42. The van der Waals surface area contributed by atoms with Gasteiger partial charge in [-0.1, -0.05) is 31.5 Å². The van der Waals surface area contributed by atoms with Crippen LogP contribution in [-0.2, 0) is 9.47 Å². The van der Waals surface area contributed by atoms with E-state index in [0.717, 1.165) is 25.0 Å². The van der Waals surface area contributed by atoms with E-state index in [0.29, 0.717) is 18.8 Å². The van der Waals surface area contributed by atoms with Crippen LogP contribution in [0.25, 0.3) is 0 Å². The zero-order valence-electron chi connectivity index (χ0n) is 10.6. The quantitative estimate of drug-likeness (QED) is 0.539. The predicted molar refractivity (Wildman–Crippen MR) is 67.2 cm³/mol. The summed E-state index contributed by atoms with van der Waals surface area (Å²) in [5, 5.41) is 0. The van der Waals surface area contributed by atoms with Crippen LogP contribution in [0, 0.1) is 6.92 Å². The number of hydrogen-bond acceptors (Lipinski definition) is 3. The minimum Gasteiger partial charge on any atom is -0.460 e. The molecule has 1 aromatic rings. The van der Waals surface area contributed by atoms with Crippen molar-refractivity contribution in [1.82, 2.24) is 0 Å². The molecule has 0 fully saturated rings. The number of rotatable bonds is 7. The number of ether oxygens (including phenoxy) is 2. The lowest BCUT2D eigenvalue weighted by Crippen LogP contribution is -2.12. The summed E-state index contributed by atoms with van der Waals surface area (Å²) in [7, 11) is 0. The number of unbranched alkanes of at least 4 members (excludes halogenated alkanes) is 1. The number of aryl methyl sites for hydroxylation is 1. The summed E-state index contributed by atoms with van der Waals surface area (Å²) >= 11 is 0. The Morgan fingerprint density at radius 2 is 1.94 bits per heavy atom. The van der Waals surface area contributed by atoms with Gasteiger partial charge in [-0.25, -0.2) is 4.79 Å². The van der Waals surface area contributed by atoms with E-state index >= 15 is 0 Å². The van der Waals surface area contributed by atoms with Gasteiger partial charge in [0, 0.05) is 6.61 Å². The maximum Gasteiger partial charge on any atom is 0.338 e. The summed E-state index contributed by atoms with van der Waals surface area (Å²) in [6, 6.07) is 7.41. The van der Waals surface area contributed by atoms with Crippen molar-refractivity contribution in [3.8, 4) is 0 Å². The molecule has 0 unspecified atom stereocenters. The third kappa shape index (κ3) is 5.00. The molecule has 0 bridgehead atoms. The van der Waals surface area contributed by atoms with Gasteiger partial charge in [0.15, 0.2) is 0 Å². The van der Waals surface area contributed by atoms with E-state index in [1.165, 1.54) is 0 Å². The van der Waals surface area contributed by atoms with Crippen LogP contribution < -0.4 is 0 Å². The van der Waals surface area contributed by atoms with Crippen LogP contribution in [-0.4, -0.2) is 25.8 Å². The summed E-state index contributed by atoms with van der Waals surface area (Å²) in [6.45, 7) is 5.53. The number of esters is 1. The second-order valence-corrected chi connectivity index (χ2v) is 3.92. The van der Waals surface area contributed by atoms with Gasteiger partial charge in [0.2, 0.25) is 0 Å². The summed E-state index contributed by atoms with van der Waals surface area (Å²) < 4.78 is 10.4. The van der Waals surface area contributed by atoms with Crippen LogP contribution in [0.2, 0.25) is 0 Å². The number of carbonyl (C=O) groups is 1. The minimum atomic E-state index is -0.276. The van der Waals surface area contributed by atoms with Crippen molar-refractivity contribution in [2.45, 2.75) is 26.7 Å². The summed E-state index contributed by atoms with van der Waals surface area (Å²) in [6.07, 6.45) is 2.16. The normalized spacial score (nSPS) is 10.2. The number of benzene rings is 1. The van der Waals surface area contributed by atoms with Crippen molar-refractivity contribution in [3.05, 3.63) is 35.4 Å². The van der Waals surface area contributed by atoms with Gasteiger partial charge in [-0.3, -0.25) is 0 Å². The molecule has 0 aromatic heterocycles. The van der Waals surface area contributed by atoms with Crippen molar-refractivity contribution in [1.29, 1.82) is 0 Å². The molecule has 0 spiro atoms. The molecule has 0 N–H and O–H groups in total. The van der Waals surface area contributed by atoms with Gasteiger partial charge >= 0.3 is 5.97 Å². The van der Waals surface area contributed by atoms with E-state index in [4.69, 9.17) is 9.47 Å². The maximum absolute atomic E-state index is 11.7. The Balaban J connectivity index is 2.24. The fraction of sp³-hybridized carbons (Fsp3) is 0.500. The average Bonchev–Trinajstić information content (AvgIpc) is 2.34. The highest BCUT2D eigenvalue weighted by Gasteiger charge is 2.08. The van der Waals surface area contributed by atoms with Crippen LogP contribution in [0.3, 0.4) is 0 Å². The van der Waals surface area contributed by atoms with Gasteiger partial charge in [0.05, 0.1) is 12.2 Å². The van der Waals surface area contributed by atoms with Gasteiger partial charge in [-0.15, -0.1) is 0 Å². The summed E-state index contributed by atoms with van der Waals surface area (Å²) in [4.78, 5) is 11.7. The minimum absolute atomic E-state index is 0.276. The Hall–Kier alpha value is -1.35. The highest BCUT2D eigenvalue weighted by atomic mass is 16.6. The van der Waals surface area contributed by atoms with E-state index in [9.17, 15) is 4.79 Å². The lowest BCUT2D eigenvalue weighted by atomic mass is 10.1. The number of hydrogen-bond donors (Lipinski definition) is 0. The molecule has 1 aromatic carbocycles. The predicted octanol–water partition coefficient (Wildman–Crippen LogP) is 2.97. The summed E-state index contributed by atoms with van der Waals surface area (Å²) in [5.74, 6) is -0.276. The monoisotopic (exact) mass is 236 g/mol. The topological polar surface area (TPSA) is 35.5 Å². The van der Waals surface area contributed by atoms with Gasteiger partial charge in [-0.05, 0) is 25.0 Å². The van der Waals surface area contributed by atoms with Gasteiger partial charge < -0.3 is 9.47 Å². The third-order valence-corrected chi connectivity index (χ3v) is 2.47. The largest absolute Gasteiger partial charge is 0.460 e. The molecular weight excluding hydrogens is 216 g/mol. The Bertz CT molecular complexity index is 347. The van der Waals surface area contributed by atoms with Crippen LogP contribution >= 0.6 is 0 Å². The molecule has 0 aliphatic rings. The highest BCUT2D eigenvalue weighted by Crippen LogP contribution is 2.08. The van der Waals surface area contributed by atoms with Gasteiger partial charge in [-0.2, -0.15) is 0 Å². The zero-order chi connectivity index (χ0) is 12.5. The first-order valence-corrected chi connectivity index (χ1v) is 6.06.